The van der Waals surface area contributed by atoms with E-state index in [0.717, 1.165) is 4.73 Å². The van der Waals surface area contributed by atoms with E-state index >= 15 is 0 Å². The number of nitro groups is 2. The molecule has 0 N–H and O–H groups in total. The van der Waals surface area contributed by atoms with E-state index in [2.05, 4.69) is 4.98 Å². The van der Waals surface area contributed by atoms with E-state index in [1.807, 2.05) is 0 Å². The van der Waals surface area contributed by atoms with Gasteiger partial charge in [-0.25, -0.2) is 4.98 Å². The molecule has 0 spiro atoms. The molecular formula is C24H16N4O5. The lowest BCUT2D eigenvalue weighted by atomic mass is 10.1. The lowest BCUT2D eigenvalue weighted by Gasteiger charge is -2.07. The molecule has 0 aliphatic carbocycles. The second kappa shape index (κ2) is 9.06. The van der Waals surface area contributed by atoms with Gasteiger partial charge >= 0.3 is 0 Å². The predicted octanol–water partition coefficient (Wildman–Crippen LogP) is 5.03. The fourth-order valence-electron chi connectivity index (χ4n) is 3.19. The Bertz CT molecular complexity index is 1410. The Balaban J connectivity index is 1.74. The summed E-state index contributed by atoms with van der Waals surface area (Å²) in [5, 5.41) is 34.8. The minimum absolute atomic E-state index is 0.0138. The molecule has 0 atom stereocenters. The van der Waals surface area contributed by atoms with Gasteiger partial charge in [-0.15, -0.1) is 0 Å². The molecule has 0 aliphatic heterocycles. The maximum atomic E-state index is 13.1. The third kappa shape index (κ3) is 4.72. The minimum Gasteiger partial charge on any atom is -0.618 e. The Kier molecular flexibility index (Phi) is 5.85. The molecule has 3 aromatic carbocycles. The Morgan fingerprint density at radius 3 is 1.76 bits per heavy atom. The predicted molar refractivity (Wildman–Crippen MR) is 125 cm³/mol. The highest BCUT2D eigenvalue weighted by Gasteiger charge is 2.15. The maximum absolute atomic E-state index is 13.1. The standard InChI is InChI=1S/C24H16N4O5/c29-26-23-4-2-1-3-21(23)25-22(15-9-17-5-11-19(12-6-17)27(30)31)24(26)16-10-18-7-13-20(14-8-18)28(32)33/h1-16H/b15-9+,16-10+. The summed E-state index contributed by atoms with van der Waals surface area (Å²) in [6.45, 7) is 0. The number of para-hydroxylation sites is 2. The second-order valence-electron chi connectivity index (χ2n) is 7.03. The SMILES string of the molecule is O=[N+]([O-])c1ccc(/C=C/c2nc3ccccc3[n+]([O-])c2/C=C/c2ccc([N+](=O)[O-])cc2)cc1. The molecule has 0 saturated heterocycles. The number of hydrogen-bond acceptors (Lipinski definition) is 6. The van der Waals surface area contributed by atoms with Gasteiger partial charge in [-0.1, -0.05) is 18.2 Å². The van der Waals surface area contributed by atoms with Crippen LogP contribution in [0.1, 0.15) is 22.5 Å². The quantitative estimate of drug-likeness (QED) is 0.179. The van der Waals surface area contributed by atoms with Crippen molar-refractivity contribution in [3.8, 4) is 0 Å². The molecule has 9 nitrogen and oxygen atoms in total. The van der Waals surface area contributed by atoms with Crippen LogP contribution in [0.3, 0.4) is 0 Å². The van der Waals surface area contributed by atoms with Crippen LogP contribution in [-0.4, -0.2) is 14.8 Å². The normalized spacial score (nSPS) is 11.4. The monoisotopic (exact) mass is 440 g/mol. The van der Waals surface area contributed by atoms with E-state index in [0.29, 0.717) is 27.9 Å². The summed E-state index contributed by atoms with van der Waals surface area (Å²) in [5.74, 6) is 0. The van der Waals surface area contributed by atoms with Crippen LogP contribution in [0.25, 0.3) is 35.3 Å². The van der Waals surface area contributed by atoms with Gasteiger partial charge in [0, 0.05) is 36.4 Å². The summed E-state index contributed by atoms with van der Waals surface area (Å²) in [5.41, 5.74) is 2.95. The first-order valence-corrected chi connectivity index (χ1v) is 9.80. The Hall–Kier alpha value is -4.92. The molecule has 0 bridgehead atoms. The molecule has 0 radical (unpaired) electrons. The molecule has 0 aliphatic rings. The zero-order valence-corrected chi connectivity index (χ0v) is 17.1. The molecule has 9 heteroatoms. The van der Waals surface area contributed by atoms with Gasteiger partial charge in [0.2, 0.25) is 11.2 Å². The number of nitro benzene ring substituents is 2. The van der Waals surface area contributed by atoms with Crippen molar-refractivity contribution < 1.29 is 14.6 Å². The summed E-state index contributed by atoms with van der Waals surface area (Å²) in [7, 11) is 0. The van der Waals surface area contributed by atoms with E-state index in [4.69, 9.17) is 0 Å². The van der Waals surface area contributed by atoms with Crippen LogP contribution >= 0.6 is 0 Å². The maximum Gasteiger partial charge on any atom is 0.269 e. The van der Waals surface area contributed by atoms with E-state index in [-0.39, 0.29) is 17.1 Å². The third-order valence-electron chi connectivity index (χ3n) is 4.90. The third-order valence-corrected chi connectivity index (χ3v) is 4.90. The summed E-state index contributed by atoms with van der Waals surface area (Å²) in [6, 6.07) is 18.9. The molecule has 0 fully saturated rings. The molecule has 0 saturated carbocycles. The van der Waals surface area contributed by atoms with Gasteiger partial charge in [0.25, 0.3) is 11.4 Å². The van der Waals surface area contributed by atoms with Gasteiger partial charge in [-0.3, -0.25) is 20.2 Å². The van der Waals surface area contributed by atoms with Crippen LogP contribution in [0.15, 0.2) is 72.8 Å². The smallest absolute Gasteiger partial charge is 0.269 e. The zero-order chi connectivity index (χ0) is 23.4. The highest BCUT2D eigenvalue weighted by atomic mass is 16.6. The molecule has 162 valence electrons. The Morgan fingerprint density at radius 2 is 1.21 bits per heavy atom. The average Bonchev–Trinajstić information content (AvgIpc) is 2.83. The van der Waals surface area contributed by atoms with Crippen LogP contribution in [0.5, 0.6) is 0 Å². The number of rotatable bonds is 6. The van der Waals surface area contributed by atoms with Gasteiger partial charge in [0.05, 0.1) is 9.85 Å². The van der Waals surface area contributed by atoms with Crippen molar-refractivity contribution in [3.05, 3.63) is 121 Å². The molecule has 1 heterocycles. The first-order valence-electron chi connectivity index (χ1n) is 9.80. The Morgan fingerprint density at radius 1 is 0.697 bits per heavy atom. The van der Waals surface area contributed by atoms with Crippen molar-refractivity contribution in [1.82, 2.24) is 4.98 Å². The zero-order valence-electron chi connectivity index (χ0n) is 17.1. The number of nitrogens with zero attached hydrogens (tertiary/aromatic N) is 4. The fourth-order valence-corrected chi connectivity index (χ4v) is 3.19. The Labute approximate surface area is 187 Å². The highest BCUT2D eigenvalue weighted by molar-refractivity contribution is 5.80. The number of aromatic nitrogens is 2. The van der Waals surface area contributed by atoms with Crippen LogP contribution in [0.4, 0.5) is 11.4 Å². The van der Waals surface area contributed by atoms with Crippen molar-refractivity contribution >= 4 is 46.7 Å². The van der Waals surface area contributed by atoms with Crippen LogP contribution in [0, 0.1) is 25.4 Å². The van der Waals surface area contributed by atoms with Crippen LogP contribution in [-0.2, 0) is 0 Å². The molecule has 33 heavy (non-hydrogen) atoms. The fraction of sp³-hybridized carbons (Fsp3) is 0. The van der Waals surface area contributed by atoms with E-state index in [1.54, 1.807) is 72.8 Å². The van der Waals surface area contributed by atoms with Gasteiger partial charge in [0.1, 0.15) is 11.2 Å². The first kappa shape index (κ1) is 21.3. The van der Waals surface area contributed by atoms with Crippen LogP contribution < -0.4 is 4.73 Å². The molecule has 4 rings (SSSR count). The highest BCUT2D eigenvalue weighted by Crippen LogP contribution is 2.19. The molecule has 4 aromatic rings. The van der Waals surface area contributed by atoms with E-state index < -0.39 is 9.85 Å². The van der Waals surface area contributed by atoms with Crippen molar-refractivity contribution in [1.29, 1.82) is 0 Å². The van der Waals surface area contributed by atoms with Gasteiger partial charge in [0.15, 0.2) is 0 Å². The average molecular weight is 440 g/mol. The molecule has 0 unspecified atom stereocenters. The van der Waals surface area contributed by atoms with Crippen molar-refractivity contribution in [2.75, 3.05) is 0 Å². The molecule has 1 aromatic heterocycles. The number of benzene rings is 3. The van der Waals surface area contributed by atoms with E-state index in [9.17, 15) is 25.4 Å². The number of fused-ring (bicyclic) bond motifs is 1. The number of hydrogen-bond donors (Lipinski definition) is 0. The molecular weight excluding hydrogens is 424 g/mol. The summed E-state index contributed by atoms with van der Waals surface area (Å²) >= 11 is 0. The summed E-state index contributed by atoms with van der Waals surface area (Å²) in [4.78, 5) is 25.3. The van der Waals surface area contributed by atoms with Gasteiger partial charge < -0.3 is 5.21 Å². The minimum atomic E-state index is -0.479. The van der Waals surface area contributed by atoms with Gasteiger partial charge in [-0.05, 0) is 53.6 Å². The first-order chi connectivity index (χ1) is 15.9. The van der Waals surface area contributed by atoms with Gasteiger partial charge in [-0.2, -0.15) is 4.73 Å². The second-order valence-corrected chi connectivity index (χ2v) is 7.03. The lowest BCUT2D eigenvalue weighted by Crippen LogP contribution is -2.32. The topological polar surface area (TPSA) is 126 Å². The van der Waals surface area contributed by atoms with Crippen molar-refractivity contribution in [3.63, 3.8) is 0 Å². The largest absolute Gasteiger partial charge is 0.618 e. The lowest BCUT2D eigenvalue weighted by molar-refractivity contribution is -0.579. The van der Waals surface area contributed by atoms with Crippen LogP contribution in [0.2, 0.25) is 0 Å². The summed E-state index contributed by atoms with van der Waals surface area (Å²) < 4.78 is 0.778. The summed E-state index contributed by atoms with van der Waals surface area (Å²) in [6.07, 6.45) is 6.65. The van der Waals surface area contributed by atoms with Crippen molar-refractivity contribution in [2.24, 2.45) is 0 Å². The number of non-ortho nitro benzene ring substituents is 2. The molecule has 0 amide bonds. The van der Waals surface area contributed by atoms with E-state index in [1.165, 1.54) is 24.3 Å². The van der Waals surface area contributed by atoms with Crippen molar-refractivity contribution in [2.45, 2.75) is 0 Å².